The lowest BCUT2D eigenvalue weighted by atomic mass is 9.78. The lowest BCUT2D eigenvalue weighted by Crippen LogP contribution is -2.50. The Morgan fingerprint density at radius 2 is 2.20 bits per heavy atom. The van der Waals surface area contributed by atoms with Crippen molar-refractivity contribution in [2.45, 2.75) is 44.1 Å². The quantitative estimate of drug-likeness (QED) is 0.853. The second-order valence-electron chi connectivity index (χ2n) is 4.28. The first-order valence-electron chi connectivity index (χ1n) is 5.40. The normalized spacial score (nSPS) is 20.1. The van der Waals surface area contributed by atoms with Gasteiger partial charge in [0.15, 0.2) is 5.78 Å². The van der Waals surface area contributed by atoms with Gasteiger partial charge in [0, 0.05) is 17.5 Å². The zero-order chi connectivity index (χ0) is 10.7. The lowest BCUT2D eigenvalue weighted by Gasteiger charge is -2.31. The number of carbonyl (C=O) groups is 1. The number of hydrogen-bond acceptors (Lipinski definition) is 4. The fraction of sp³-hybridized carbons (Fsp3) is 0.636. The Labute approximate surface area is 93.7 Å². The van der Waals surface area contributed by atoms with E-state index in [9.17, 15) is 4.79 Å². The predicted octanol–water partition coefficient (Wildman–Crippen LogP) is 1.92. The second kappa shape index (κ2) is 4.41. The van der Waals surface area contributed by atoms with Gasteiger partial charge >= 0.3 is 0 Å². The topological polar surface area (TPSA) is 56.0 Å². The van der Waals surface area contributed by atoms with Crippen LogP contribution in [0.15, 0.2) is 11.7 Å². The van der Waals surface area contributed by atoms with Crippen molar-refractivity contribution < 1.29 is 4.79 Å². The molecule has 0 amide bonds. The van der Waals surface area contributed by atoms with Gasteiger partial charge in [-0.1, -0.05) is 19.3 Å². The molecule has 1 saturated carbocycles. The van der Waals surface area contributed by atoms with Gasteiger partial charge in [0.05, 0.1) is 11.0 Å². The van der Waals surface area contributed by atoms with Gasteiger partial charge in [0.2, 0.25) is 0 Å². The minimum atomic E-state index is -0.553. The van der Waals surface area contributed by atoms with Crippen molar-refractivity contribution in [2.75, 3.05) is 0 Å². The van der Waals surface area contributed by atoms with Crippen LogP contribution in [0.1, 0.15) is 37.0 Å². The third-order valence-corrected chi connectivity index (χ3v) is 3.90. The standard InChI is InChI=1S/C11H16N2OS/c12-11(4-2-1-3-5-11)10(14)6-9-7-13-8-15-9/h7-8H,1-6,12H2. The number of ketones is 1. The fourth-order valence-corrected chi connectivity index (χ4v) is 2.72. The number of carbonyl (C=O) groups excluding carboxylic acids is 1. The molecule has 2 N–H and O–H groups in total. The Balaban J connectivity index is 2.00. The van der Waals surface area contributed by atoms with Crippen molar-refractivity contribution in [3.05, 3.63) is 16.6 Å². The molecule has 1 fully saturated rings. The van der Waals surface area contributed by atoms with Crippen molar-refractivity contribution in [1.29, 1.82) is 0 Å². The van der Waals surface area contributed by atoms with E-state index in [0.717, 1.165) is 30.6 Å². The highest BCUT2D eigenvalue weighted by molar-refractivity contribution is 7.09. The molecule has 0 bridgehead atoms. The molecular formula is C11H16N2OS. The van der Waals surface area contributed by atoms with E-state index in [0.29, 0.717) is 6.42 Å². The van der Waals surface area contributed by atoms with Crippen LogP contribution in [0.3, 0.4) is 0 Å². The van der Waals surface area contributed by atoms with E-state index in [2.05, 4.69) is 4.98 Å². The van der Waals surface area contributed by atoms with E-state index in [-0.39, 0.29) is 5.78 Å². The molecule has 0 atom stereocenters. The summed E-state index contributed by atoms with van der Waals surface area (Å²) in [5.41, 5.74) is 7.36. The molecule has 15 heavy (non-hydrogen) atoms. The Bertz CT molecular complexity index is 328. The van der Waals surface area contributed by atoms with Crippen molar-refractivity contribution >= 4 is 17.1 Å². The van der Waals surface area contributed by atoms with Crippen molar-refractivity contribution in [1.82, 2.24) is 4.98 Å². The number of nitrogens with two attached hydrogens (primary N) is 1. The molecular weight excluding hydrogens is 208 g/mol. The highest BCUT2D eigenvalue weighted by Gasteiger charge is 2.34. The molecule has 0 unspecified atom stereocenters. The zero-order valence-corrected chi connectivity index (χ0v) is 9.55. The smallest absolute Gasteiger partial charge is 0.157 e. The summed E-state index contributed by atoms with van der Waals surface area (Å²) in [7, 11) is 0. The summed E-state index contributed by atoms with van der Waals surface area (Å²) >= 11 is 1.53. The van der Waals surface area contributed by atoms with E-state index in [1.54, 1.807) is 11.7 Å². The summed E-state index contributed by atoms with van der Waals surface area (Å²) in [5.74, 6) is 0.187. The molecule has 82 valence electrons. The second-order valence-corrected chi connectivity index (χ2v) is 5.26. The predicted molar refractivity (Wildman–Crippen MR) is 60.8 cm³/mol. The summed E-state index contributed by atoms with van der Waals surface area (Å²) in [5, 5.41) is 0. The largest absolute Gasteiger partial charge is 0.319 e. The number of Topliss-reactive ketones (excluding diaryl/α,β-unsaturated/α-hetero) is 1. The molecule has 0 radical (unpaired) electrons. The molecule has 0 spiro atoms. The monoisotopic (exact) mass is 224 g/mol. The number of aromatic nitrogens is 1. The summed E-state index contributed by atoms with van der Waals surface area (Å²) in [6.07, 6.45) is 7.31. The first-order valence-corrected chi connectivity index (χ1v) is 6.28. The molecule has 0 saturated heterocycles. The molecule has 1 aliphatic carbocycles. The Morgan fingerprint density at radius 3 is 2.80 bits per heavy atom. The van der Waals surface area contributed by atoms with E-state index >= 15 is 0 Å². The van der Waals surface area contributed by atoms with Gasteiger partial charge < -0.3 is 5.73 Å². The van der Waals surface area contributed by atoms with E-state index < -0.39 is 5.54 Å². The summed E-state index contributed by atoms with van der Waals surface area (Å²) in [6, 6.07) is 0. The Kier molecular flexibility index (Phi) is 3.17. The van der Waals surface area contributed by atoms with Crippen LogP contribution in [-0.4, -0.2) is 16.3 Å². The van der Waals surface area contributed by atoms with Crippen molar-refractivity contribution in [2.24, 2.45) is 5.73 Å². The van der Waals surface area contributed by atoms with Crippen LogP contribution in [0.2, 0.25) is 0 Å². The molecule has 1 aromatic rings. The fourth-order valence-electron chi connectivity index (χ4n) is 2.13. The van der Waals surface area contributed by atoms with E-state index in [1.807, 2.05) is 0 Å². The third-order valence-electron chi connectivity index (χ3n) is 3.12. The minimum absolute atomic E-state index is 0.187. The molecule has 1 aliphatic rings. The maximum absolute atomic E-state index is 12.0. The van der Waals surface area contributed by atoms with Crippen molar-refractivity contribution in [3.8, 4) is 0 Å². The lowest BCUT2D eigenvalue weighted by molar-refractivity contribution is -0.124. The Hall–Kier alpha value is -0.740. The van der Waals surface area contributed by atoms with Crippen LogP contribution in [0, 0.1) is 0 Å². The van der Waals surface area contributed by atoms with Gasteiger partial charge in [-0.25, -0.2) is 0 Å². The molecule has 0 aliphatic heterocycles. The summed E-state index contributed by atoms with van der Waals surface area (Å²) < 4.78 is 0. The maximum Gasteiger partial charge on any atom is 0.157 e. The van der Waals surface area contributed by atoms with Crippen LogP contribution in [0.4, 0.5) is 0 Å². The van der Waals surface area contributed by atoms with Crippen LogP contribution >= 0.6 is 11.3 Å². The van der Waals surface area contributed by atoms with Crippen LogP contribution in [0.25, 0.3) is 0 Å². The third kappa shape index (κ3) is 2.44. The first kappa shape index (κ1) is 10.8. The molecule has 3 nitrogen and oxygen atoms in total. The number of rotatable bonds is 3. The van der Waals surface area contributed by atoms with Crippen molar-refractivity contribution in [3.63, 3.8) is 0 Å². The molecule has 2 rings (SSSR count). The number of thiazole rings is 1. The SMILES string of the molecule is NC1(C(=O)Cc2cncs2)CCCCC1. The maximum atomic E-state index is 12.0. The zero-order valence-electron chi connectivity index (χ0n) is 8.74. The molecule has 4 heteroatoms. The van der Waals surface area contributed by atoms with Gasteiger partial charge in [0.25, 0.3) is 0 Å². The van der Waals surface area contributed by atoms with Gasteiger partial charge in [-0.15, -0.1) is 11.3 Å². The Morgan fingerprint density at radius 1 is 1.47 bits per heavy atom. The molecule has 1 aromatic heterocycles. The van der Waals surface area contributed by atoms with Gasteiger partial charge in [-0.3, -0.25) is 9.78 Å². The number of nitrogens with zero attached hydrogens (tertiary/aromatic N) is 1. The van der Waals surface area contributed by atoms with E-state index in [4.69, 9.17) is 5.73 Å². The molecule has 0 aromatic carbocycles. The van der Waals surface area contributed by atoms with Gasteiger partial charge in [0.1, 0.15) is 0 Å². The van der Waals surface area contributed by atoms with Gasteiger partial charge in [-0.2, -0.15) is 0 Å². The van der Waals surface area contributed by atoms with Gasteiger partial charge in [-0.05, 0) is 12.8 Å². The molecule has 1 heterocycles. The number of hydrogen-bond donors (Lipinski definition) is 1. The van der Waals surface area contributed by atoms with Crippen LogP contribution in [-0.2, 0) is 11.2 Å². The van der Waals surface area contributed by atoms with Crippen LogP contribution < -0.4 is 5.73 Å². The summed E-state index contributed by atoms with van der Waals surface area (Å²) in [4.78, 5) is 17.0. The summed E-state index contributed by atoms with van der Waals surface area (Å²) in [6.45, 7) is 0. The van der Waals surface area contributed by atoms with Crippen LogP contribution in [0.5, 0.6) is 0 Å². The highest BCUT2D eigenvalue weighted by atomic mass is 32.1. The average Bonchev–Trinajstić information content (AvgIpc) is 2.71. The highest BCUT2D eigenvalue weighted by Crippen LogP contribution is 2.28. The van der Waals surface area contributed by atoms with E-state index in [1.165, 1.54) is 17.8 Å². The minimum Gasteiger partial charge on any atom is -0.319 e. The average molecular weight is 224 g/mol. The first-order chi connectivity index (χ1) is 7.21.